The van der Waals surface area contributed by atoms with Crippen LogP contribution in [0.25, 0.3) is 45.1 Å². The summed E-state index contributed by atoms with van der Waals surface area (Å²) in [5.41, 5.74) is 0.729. The lowest BCUT2D eigenvalue weighted by Gasteiger charge is -2.12. The highest BCUT2D eigenvalue weighted by Gasteiger charge is 2.40. The topological polar surface area (TPSA) is 89.0 Å². The maximum Gasteiger partial charge on any atom is 0.420 e. The van der Waals surface area contributed by atoms with Gasteiger partial charge in [-0.1, -0.05) is 18.2 Å². The fourth-order valence-corrected chi connectivity index (χ4v) is 4.59. The van der Waals surface area contributed by atoms with E-state index in [1.807, 2.05) is 0 Å². The van der Waals surface area contributed by atoms with Gasteiger partial charge in [-0.2, -0.15) is 13.2 Å². The number of nitrogens with one attached hydrogen (secondary N) is 1. The maximum atomic E-state index is 14.2. The van der Waals surface area contributed by atoms with Crippen molar-refractivity contribution in [2.24, 2.45) is 7.05 Å². The number of fused-ring (bicyclic) bond motifs is 1. The molecule has 0 aliphatic heterocycles. The second-order valence-electron chi connectivity index (χ2n) is 9.87. The highest BCUT2D eigenvalue weighted by molar-refractivity contribution is 5.84. The highest BCUT2D eigenvalue weighted by atomic mass is 19.4. The second-order valence-corrected chi connectivity index (χ2v) is 9.87. The molecule has 0 atom stereocenters. The van der Waals surface area contributed by atoms with Crippen LogP contribution in [-0.4, -0.2) is 37.0 Å². The van der Waals surface area contributed by atoms with Crippen LogP contribution < -0.4 is 5.32 Å². The van der Waals surface area contributed by atoms with Crippen LogP contribution in [0, 0.1) is 5.82 Å². The largest absolute Gasteiger partial charge is 0.435 e. The Morgan fingerprint density at radius 3 is 2.56 bits per heavy atom. The van der Waals surface area contributed by atoms with E-state index in [0.29, 0.717) is 53.0 Å². The van der Waals surface area contributed by atoms with Crippen LogP contribution in [0.2, 0.25) is 0 Å². The molecule has 5 aromatic rings. The number of aryl methyl sites for hydroxylation is 1. The van der Waals surface area contributed by atoms with Gasteiger partial charge in [0.15, 0.2) is 11.4 Å². The quantitative estimate of drug-likeness (QED) is 0.258. The Hall–Kier alpha value is -4.09. The van der Waals surface area contributed by atoms with Gasteiger partial charge in [0.25, 0.3) is 0 Å². The number of aliphatic hydroxyl groups is 1. The number of alkyl halides is 3. The monoisotopic (exact) mass is 537 g/mol. The summed E-state index contributed by atoms with van der Waals surface area (Å²) in [6.45, 7) is 0.456. The average molecular weight is 538 g/mol. The van der Waals surface area contributed by atoms with Crippen molar-refractivity contribution < 1.29 is 27.1 Å². The first kappa shape index (κ1) is 25.2. The Labute approximate surface area is 220 Å². The van der Waals surface area contributed by atoms with E-state index in [-0.39, 0.29) is 23.5 Å². The number of halogens is 4. The van der Waals surface area contributed by atoms with Crippen LogP contribution >= 0.6 is 0 Å². The molecule has 3 aromatic carbocycles. The van der Waals surface area contributed by atoms with Gasteiger partial charge in [0.2, 0.25) is 5.89 Å². The van der Waals surface area contributed by atoms with Gasteiger partial charge in [0.1, 0.15) is 23.2 Å². The number of oxazole rings is 1. The molecule has 1 fully saturated rings. The molecular weight excluding hydrogens is 514 g/mol. The third-order valence-electron chi connectivity index (χ3n) is 6.82. The van der Waals surface area contributed by atoms with Crippen LogP contribution in [0.1, 0.15) is 24.0 Å². The molecule has 2 aromatic heterocycles. The van der Waals surface area contributed by atoms with Crippen molar-refractivity contribution in [1.82, 2.24) is 25.1 Å². The third kappa shape index (κ3) is 5.02. The number of hydrogen-bond donors (Lipinski definition) is 2. The molecule has 0 radical (unpaired) electrons. The van der Waals surface area contributed by atoms with Crippen molar-refractivity contribution in [1.29, 1.82) is 0 Å². The average Bonchev–Trinajstić information content (AvgIpc) is 3.26. The Morgan fingerprint density at radius 1 is 1.05 bits per heavy atom. The Kier molecular flexibility index (Phi) is 6.00. The van der Waals surface area contributed by atoms with E-state index in [0.717, 1.165) is 6.07 Å². The van der Waals surface area contributed by atoms with Crippen LogP contribution in [0.5, 0.6) is 0 Å². The first-order valence-corrected chi connectivity index (χ1v) is 12.3. The normalized spacial score (nSPS) is 14.7. The van der Waals surface area contributed by atoms with Crippen LogP contribution in [0.4, 0.5) is 17.6 Å². The Balaban J connectivity index is 1.39. The molecule has 0 unspecified atom stereocenters. The molecule has 0 bridgehead atoms. The summed E-state index contributed by atoms with van der Waals surface area (Å²) in [5, 5.41) is 21.0. The van der Waals surface area contributed by atoms with E-state index < -0.39 is 23.2 Å². The number of benzene rings is 3. The van der Waals surface area contributed by atoms with Crippen molar-refractivity contribution in [2.75, 3.05) is 6.54 Å². The van der Waals surface area contributed by atoms with Gasteiger partial charge >= 0.3 is 6.18 Å². The second kappa shape index (κ2) is 9.28. The van der Waals surface area contributed by atoms with Crippen molar-refractivity contribution >= 4 is 11.1 Å². The van der Waals surface area contributed by atoms with E-state index in [1.54, 1.807) is 48.0 Å². The van der Waals surface area contributed by atoms with Crippen LogP contribution in [0.15, 0.2) is 65.3 Å². The summed E-state index contributed by atoms with van der Waals surface area (Å²) < 4.78 is 63.4. The molecule has 6 rings (SSSR count). The summed E-state index contributed by atoms with van der Waals surface area (Å²) in [5.74, 6) is 0.0433. The fraction of sp³-hybridized carbons (Fsp3) is 0.250. The zero-order valence-electron chi connectivity index (χ0n) is 20.8. The molecular formula is C28H23F4N5O2. The molecule has 2 N–H and O–H groups in total. The van der Waals surface area contributed by atoms with Crippen molar-refractivity contribution in [3.8, 4) is 34.0 Å². The van der Waals surface area contributed by atoms with E-state index in [4.69, 9.17) is 4.42 Å². The van der Waals surface area contributed by atoms with Crippen molar-refractivity contribution in [3.63, 3.8) is 0 Å². The molecule has 1 saturated carbocycles. The molecule has 39 heavy (non-hydrogen) atoms. The molecule has 1 aliphatic carbocycles. The predicted octanol–water partition coefficient (Wildman–Crippen LogP) is 5.73. The predicted molar refractivity (Wildman–Crippen MR) is 136 cm³/mol. The lowest BCUT2D eigenvalue weighted by molar-refractivity contribution is -0.136. The molecule has 0 amide bonds. The van der Waals surface area contributed by atoms with Gasteiger partial charge in [0.05, 0.1) is 5.60 Å². The molecule has 200 valence electrons. The number of rotatable bonds is 7. The number of nitrogens with zero attached hydrogens (tertiary/aromatic N) is 4. The first-order valence-electron chi connectivity index (χ1n) is 12.3. The smallest absolute Gasteiger partial charge is 0.420 e. The minimum atomic E-state index is -4.65. The van der Waals surface area contributed by atoms with Gasteiger partial charge in [0, 0.05) is 31.3 Å². The third-order valence-corrected chi connectivity index (χ3v) is 6.82. The zero-order valence-corrected chi connectivity index (χ0v) is 20.8. The maximum absolute atomic E-state index is 14.2. The molecule has 0 saturated heterocycles. The van der Waals surface area contributed by atoms with E-state index in [9.17, 15) is 22.7 Å². The minimum Gasteiger partial charge on any atom is -0.435 e. The van der Waals surface area contributed by atoms with Gasteiger partial charge in [-0.3, -0.25) is 0 Å². The Bertz CT molecular complexity index is 1690. The molecule has 0 spiro atoms. The molecule has 11 heteroatoms. The van der Waals surface area contributed by atoms with Gasteiger partial charge in [-0.05, 0) is 65.9 Å². The van der Waals surface area contributed by atoms with E-state index in [1.165, 1.54) is 18.5 Å². The SMILES string of the molecule is Cn1cnnc1-c1cc(F)ccc1-c1cccc(-c2nc3cc(CNCC4(O)CC4)cc(C(F)(F)F)c3o2)c1. The summed E-state index contributed by atoms with van der Waals surface area (Å²) in [4.78, 5) is 4.39. The Morgan fingerprint density at radius 2 is 1.85 bits per heavy atom. The van der Waals surface area contributed by atoms with Crippen molar-refractivity contribution in [2.45, 2.75) is 31.2 Å². The number of hydrogen-bond acceptors (Lipinski definition) is 6. The van der Waals surface area contributed by atoms with Gasteiger partial charge < -0.3 is 19.4 Å². The fourth-order valence-electron chi connectivity index (χ4n) is 4.59. The van der Waals surface area contributed by atoms with Gasteiger partial charge in [-0.15, -0.1) is 10.2 Å². The number of aromatic nitrogens is 4. The summed E-state index contributed by atoms with van der Waals surface area (Å²) in [7, 11) is 1.74. The minimum absolute atomic E-state index is 0.0251. The summed E-state index contributed by atoms with van der Waals surface area (Å²) >= 11 is 0. The molecule has 7 nitrogen and oxygen atoms in total. The van der Waals surface area contributed by atoms with E-state index in [2.05, 4.69) is 20.5 Å². The molecule has 2 heterocycles. The standard InChI is InChI=1S/C28H23F4N5O2/c1-37-15-34-36-25(37)21-12-19(29)5-6-20(21)17-3-2-4-18(11-17)26-35-23-10-16(13-33-14-27(38)7-8-27)9-22(24(23)39-26)28(30,31)32/h2-6,9-12,15,33,38H,7-8,13-14H2,1H3. The van der Waals surface area contributed by atoms with Crippen LogP contribution in [0.3, 0.4) is 0 Å². The first-order chi connectivity index (χ1) is 18.6. The lowest BCUT2D eigenvalue weighted by atomic mass is 9.97. The highest BCUT2D eigenvalue weighted by Crippen LogP contribution is 2.39. The van der Waals surface area contributed by atoms with Crippen molar-refractivity contribution in [3.05, 3.63) is 77.9 Å². The zero-order chi connectivity index (χ0) is 27.4. The lowest BCUT2D eigenvalue weighted by Crippen LogP contribution is -2.27. The molecule has 1 aliphatic rings. The van der Waals surface area contributed by atoms with E-state index >= 15 is 0 Å². The summed E-state index contributed by atoms with van der Waals surface area (Å²) in [6.07, 6.45) is -1.79. The van der Waals surface area contributed by atoms with Gasteiger partial charge in [-0.25, -0.2) is 9.37 Å². The summed E-state index contributed by atoms with van der Waals surface area (Å²) in [6, 6.07) is 13.8. The van der Waals surface area contributed by atoms with Crippen LogP contribution in [-0.2, 0) is 19.8 Å².